The van der Waals surface area contributed by atoms with Crippen molar-refractivity contribution in [1.82, 2.24) is 5.32 Å². The van der Waals surface area contributed by atoms with E-state index in [1.165, 1.54) is 19.3 Å². The molecule has 0 heterocycles. The van der Waals surface area contributed by atoms with Crippen molar-refractivity contribution in [3.05, 3.63) is 12.7 Å². The number of hydrogen-bond acceptors (Lipinski definition) is 1. The predicted molar refractivity (Wildman–Crippen MR) is 55.0 cm³/mol. The van der Waals surface area contributed by atoms with Crippen molar-refractivity contribution in [2.24, 2.45) is 0 Å². The van der Waals surface area contributed by atoms with Gasteiger partial charge in [0, 0.05) is 0 Å². The first-order valence-electron chi connectivity index (χ1n) is 4.61. The molecule has 0 saturated carbocycles. The summed E-state index contributed by atoms with van der Waals surface area (Å²) in [6, 6.07) is 0.212. The lowest BCUT2D eigenvalue weighted by Crippen LogP contribution is -2.25. The monoisotopic (exact) mass is 165 g/mol. The lowest BCUT2D eigenvalue weighted by atomic mass is 10.2. The fraction of sp³-hybridized carbons (Fsp3) is 0.636. The maximum atomic E-state index is 5.21. The summed E-state index contributed by atoms with van der Waals surface area (Å²) in [6.45, 7) is 6.71. The Bertz CT molecular complexity index is 144. The van der Waals surface area contributed by atoms with Crippen LogP contribution in [0.1, 0.15) is 32.6 Å². The zero-order valence-corrected chi connectivity index (χ0v) is 7.97. The summed E-state index contributed by atoms with van der Waals surface area (Å²) in [6.07, 6.45) is 12.0. The van der Waals surface area contributed by atoms with E-state index in [0.717, 1.165) is 13.0 Å². The summed E-state index contributed by atoms with van der Waals surface area (Å²) >= 11 is 0. The Morgan fingerprint density at radius 3 is 2.83 bits per heavy atom. The van der Waals surface area contributed by atoms with Crippen LogP contribution in [0.15, 0.2) is 12.7 Å². The predicted octanol–water partition coefficient (Wildman–Crippen LogP) is 2.34. The molecule has 0 aliphatic rings. The van der Waals surface area contributed by atoms with E-state index in [4.69, 9.17) is 6.42 Å². The highest BCUT2D eigenvalue weighted by atomic mass is 14.9. The molecule has 0 bridgehead atoms. The molecule has 1 heteroatoms. The van der Waals surface area contributed by atoms with Crippen LogP contribution >= 0.6 is 0 Å². The van der Waals surface area contributed by atoms with E-state index >= 15 is 0 Å². The van der Waals surface area contributed by atoms with Crippen molar-refractivity contribution >= 4 is 0 Å². The molecular formula is C11H19N. The second kappa shape index (κ2) is 8.36. The lowest BCUT2D eigenvalue weighted by molar-refractivity contribution is 0.585. The average Bonchev–Trinajstić information content (AvgIpc) is 2.10. The van der Waals surface area contributed by atoms with Crippen LogP contribution in [0.4, 0.5) is 0 Å². The molecule has 0 fully saturated rings. The Labute approximate surface area is 76.2 Å². The first-order valence-corrected chi connectivity index (χ1v) is 4.61. The Morgan fingerprint density at radius 2 is 2.25 bits per heavy atom. The van der Waals surface area contributed by atoms with E-state index in [1.54, 1.807) is 0 Å². The van der Waals surface area contributed by atoms with Crippen LogP contribution in [0.3, 0.4) is 0 Å². The molecule has 1 atom stereocenters. The largest absolute Gasteiger partial charge is 0.304 e. The molecule has 0 aromatic heterocycles. The smallest absolute Gasteiger partial charge is 0.0658 e. The summed E-state index contributed by atoms with van der Waals surface area (Å²) in [4.78, 5) is 0. The average molecular weight is 165 g/mol. The third-order valence-electron chi connectivity index (χ3n) is 1.79. The summed E-state index contributed by atoms with van der Waals surface area (Å²) in [5.74, 6) is 2.64. The van der Waals surface area contributed by atoms with Gasteiger partial charge in [0.05, 0.1) is 6.04 Å². The molecule has 0 amide bonds. The number of hydrogen-bond donors (Lipinski definition) is 1. The molecule has 68 valence electrons. The third-order valence-corrected chi connectivity index (χ3v) is 1.79. The number of unbranched alkanes of at least 4 members (excludes halogenated alkanes) is 3. The number of allylic oxidation sites excluding steroid dienone is 1. The van der Waals surface area contributed by atoms with Gasteiger partial charge in [-0.2, -0.15) is 0 Å². The molecule has 0 saturated heterocycles. The van der Waals surface area contributed by atoms with Gasteiger partial charge in [-0.25, -0.2) is 0 Å². The minimum absolute atomic E-state index is 0.212. The number of rotatable bonds is 7. The quantitative estimate of drug-likeness (QED) is 0.347. The molecule has 0 spiro atoms. The molecular weight excluding hydrogens is 146 g/mol. The second-order valence-electron chi connectivity index (χ2n) is 2.98. The van der Waals surface area contributed by atoms with Gasteiger partial charge in [-0.05, 0) is 32.7 Å². The fourth-order valence-corrected chi connectivity index (χ4v) is 0.968. The van der Waals surface area contributed by atoms with Crippen molar-refractivity contribution in [3.8, 4) is 12.3 Å². The molecule has 0 aliphatic carbocycles. The zero-order valence-electron chi connectivity index (χ0n) is 7.97. The van der Waals surface area contributed by atoms with Crippen LogP contribution < -0.4 is 5.32 Å². The molecule has 0 aromatic rings. The van der Waals surface area contributed by atoms with E-state index in [2.05, 4.69) is 17.8 Å². The Hall–Kier alpha value is -0.740. The van der Waals surface area contributed by atoms with E-state index in [1.807, 2.05) is 13.0 Å². The van der Waals surface area contributed by atoms with Gasteiger partial charge in [0.25, 0.3) is 0 Å². The third kappa shape index (κ3) is 7.37. The molecule has 12 heavy (non-hydrogen) atoms. The van der Waals surface area contributed by atoms with Gasteiger partial charge in [0.1, 0.15) is 0 Å². The molecule has 0 aromatic carbocycles. The molecule has 0 aliphatic heterocycles. The van der Waals surface area contributed by atoms with Crippen molar-refractivity contribution < 1.29 is 0 Å². The summed E-state index contributed by atoms with van der Waals surface area (Å²) in [5, 5.41) is 3.25. The van der Waals surface area contributed by atoms with Gasteiger partial charge in [-0.15, -0.1) is 13.0 Å². The Balaban J connectivity index is 3.01. The van der Waals surface area contributed by atoms with Crippen molar-refractivity contribution in [2.45, 2.75) is 38.6 Å². The van der Waals surface area contributed by atoms with Gasteiger partial charge >= 0.3 is 0 Å². The lowest BCUT2D eigenvalue weighted by Gasteiger charge is -2.05. The van der Waals surface area contributed by atoms with Crippen LogP contribution in [0.5, 0.6) is 0 Å². The van der Waals surface area contributed by atoms with Crippen molar-refractivity contribution in [1.29, 1.82) is 0 Å². The standard InChI is InChI=1S/C11H19N/c1-4-6-7-8-9-10-12-11(3)5-2/h2,4,11-12H,1,6-10H2,3H3. The highest BCUT2D eigenvalue weighted by Crippen LogP contribution is 1.98. The first kappa shape index (κ1) is 11.3. The maximum absolute atomic E-state index is 5.21. The van der Waals surface area contributed by atoms with Crippen LogP contribution in [0.2, 0.25) is 0 Å². The number of terminal acetylenes is 1. The summed E-state index contributed by atoms with van der Waals surface area (Å²) < 4.78 is 0. The van der Waals surface area contributed by atoms with E-state index in [-0.39, 0.29) is 6.04 Å². The maximum Gasteiger partial charge on any atom is 0.0658 e. The summed E-state index contributed by atoms with van der Waals surface area (Å²) in [5.41, 5.74) is 0. The molecule has 1 N–H and O–H groups in total. The summed E-state index contributed by atoms with van der Waals surface area (Å²) in [7, 11) is 0. The van der Waals surface area contributed by atoms with Gasteiger partial charge < -0.3 is 5.32 Å². The van der Waals surface area contributed by atoms with Gasteiger partial charge in [0.2, 0.25) is 0 Å². The fourth-order valence-electron chi connectivity index (χ4n) is 0.968. The first-order chi connectivity index (χ1) is 5.81. The molecule has 0 rings (SSSR count). The van der Waals surface area contributed by atoms with E-state index < -0.39 is 0 Å². The van der Waals surface area contributed by atoms with Crippen molar-refractivity contribution in [2.75, 3.05) is 6.54 Å². The van der Waals surface area contributed by atoms with Gasteiger partial charge in [-0.1, -0.05) is 18.4 Å². The van der Waals surface area contributed by atoms with Crippen LogP contribution in [0.25, 0.3) is 0 Å². The normalized spacial score (nSPS) is 12.0. The van der Waals surface area contributed by atoms with E-state index in [0.29, 0.717) is 0 Å². The van der Waals surface area contributed by atoms with Crippen LogP contribution in [0, 0.1) is 12.3 Å². The molecule has 0 radical (unpaired) electrons. The highest BCUT2D eigenvalue weighted by molar-refractivity contribution is 4.95. The van der Waals surface area contributed by atoms with Crippen LogP contribution in [-0.4, -0.2) is 12.6 Å². The SMILES string of the molecule is C#CC(C)NCCCCCC=C. The minimum Gasteiger partial charge on any atom is -0.304 e. The molecule has 1 unspecified atom stereocenters. The Kier molecular flexibility index (Phi) is 7.84. The second-order valence-corrected chi connectivity index (χ2v) is 2.98. The van der Waals surface area contributed by atoms with Crippen molar-refractivity contribution in [3.63, 3.8) is 0 Å². The highest BCUT2D eigenvalue weighted by Gasteiger charge is 1.93. The van der Waals surface area contributed by atoms with Gasteiger partial charge in [0.15, 0.2) is 0 Å². The molecule has 1 nitrogen and oxygen atoms in total. The Morgan fingerprint density at radius 1 is 1.50 bits per heavy atom. The van der Waals surface area contributed by atoms with Gasteiger partial charge in [-0.3, -0.25) is 0 Å². The number of nitrogens with one attached hydrogen (secondary N) is 1. The van der Waals surface area contributed by atoms with E-state index in [9.17, 15) is 0 Å². The topological polar surface area (TPSA) is 12.0 Å². The zero-order chi connectivity index (χ0) is 9.23. The minimum atomic E-state index is 0.212. The van der Waals surface area contributed by atoms with Crippen LogP contribution in [-0.2, 0) is 0 Å².